The summed E-state index contributed by atoms with van der Waals surface area (Å²) in [4.78, 5) is 20.0. The van der Waals surface area contributed by atoms with Gasteiger partial charge in [-0.3, -0.25) is 0 Å². The van der Waals surface area contributed by atoms with Gasteiger partial charge in [0.05, 0.1) is 11.1 Å². The van der Waals surface area contributed by atoms with Gasteiger partial charge in [0.1, 0.15) is 11.5 Å². The van der Waals surface area contributed by atoms with Crippen molar-refractivity contribution in [1.29, 1.82) is 0 Å². The van der Waals surface area contributed by atoms with Crippen molar-refractivity contribution in [1.82, 2.24) is 9.97 Å². The Morgan fingerprint density at radius 3 is 2.46 bits per heavy atom. The lowest BCUT2D eigenvalue weighted by molar-refractivity contribution is -0.150. The second-order valence-electron chi connectivity index (χ2n) is 6.71. The maximum absolute atomic E-state index is 11.8. The topological polar surface area (TPSA) is 70.5 Å². The first kappa shape index (κ1) is 20.2. The average molecular weight is 423 g/mol. The van der Waals surface area contributed by atoms with Crippen molar-refractivity contribution in [3.05, 3.63) is 40.6 Å². The van der Waals surface area contributed by atoms with E-state index in [2.05, 4.69) is 46.7 Å². The van der Waals surface area contributed by atoms with Crippen molar-refractivity contribution in [2.24, 2.45) is 0 Å². The van der Waals surface area contributed by atoms with E-state index in [0.717, 1.165) is 10.0 Å². The normalized spacial score (nSPS) is 12.4. The van der Waals surface area contributed by atoms with E-state index >= 15 is 0 Å². The van der Waals surface area contributed by atoms with E-state index in [1.54, 1.807) is 38.4 Å². The number of halogens is 1. The van der Waals surface area contributed by atoms with Crippen molar-refractivity contribution < 1.29 is 19.0 Å². The van der Waals surface area contributed by atoms with Crippen LogP contribution >= 0.6 is 15.9 Å². The van der Waals surface area contributed by atoms with Gasteiger partial charge in [-0.25, -0.2) is 14.8 Å². The molecule has 0 fully saturated rings. The van der Waals surface area contributed by atoms with Gasteiger partial charge in [0, 0.05) is 18.0 Å². The molecule has 0 saturated heterocycles. The van der Waals surface area contributed by atoms with Crippen LogP contribution in [0.5, 0.6) is 17.5 Å². The second kappa shape index (κ2) is 8.49. The monoisotopic (exact) mass is 422 g/mol. The van der Waals surface area contributed by atoms with E-state index in [9.17, 15) is 4.79 Å². The molecule has 0 aliphatic carbocycles. The van der Waals surface area contributed by atoms with Crippen LogP contribution in [0.1, 0.15) is 40.2 Å². The van der Waals surface area contributed by atoms with Crippen LogP contribution in [0.3, 0.4) is 0 Å². The zero-order valence-electron chi connectivity index (χ0n) is 15.6. The molecule has 26 heavy (non-hydrogen) atoms. The molecule has 0 bridgehead atoms. The quantitative estimate of drug-likeness (QED) is 0.630. The van der Waals surface area contributed by atoms with E-state index in [-0.39, 0.29) is 11.4 Å². The molecule has 1 aromatic heterocycles. The molecule has 1 atom stereocenters. The summed E-state index contributed by atoms with van der Waals surface area (Å²) in [5, 5.41) is 0. The summed E-state index contributed by atoms with van der Waals surface area (Å²) in [5.41, 5.74) is 0.703. The highest BCUT2D eigenvalue weighted by Gasteiger charge is 2.23. The van der Waals surface area contributed by atoms with Gasteiger partial charge in [0.25, 0.3) is 0 Å². The van der Waals surface area contributed by atoms with Crippen LogP contribution in [0.4, 0.5) is 0 Å². The highest BCUT2D eigenvalue weighted by Crippen LogP contribution is 2.36. The number of esters is 1. The molecule has 0 aliphatic rings. The van der Waals surface area contributed by atoms with Gasteiger partial charge in [-0.05, 0) is 53.4 Å². The van der Waals surface area contributed by atoms with Crippen molar-refractivity contribution in [2.75, 3.05) is 6.61 Å². The van der Waals surface area contributed by atoms with E-state index in [0.29, 0.717) is 18.1 Å². The fraction of sp³-hybridized carbons (Fsp3) is 0.421. The number of rotatable bonds is 6. The lowest BCUT2D eigenvalue weighted by Crippen LogP contribution is -2.26. The van der Waals surface area contributed by atoms with Crippen LogP contribution in [0.2, 0.25) is 0 Å². The molecule has 7 heteroatoms. The highest BCUT2D eigenvalue weighted by molar-refractivity contribution is 9.10. The zero-order valence-corrected chi connectivity index (χ0v) is 17.2. The molecule has 6 nitrogen and oxygen atoms in total. The number of hydrogen-bond donors (Lipinski definition) is 0. The maximum atomic E-state index is 11.8. The smallest absolute Gasteiger partial charge is 0.347 e. The Kier molecular flexibility index (Phi) is 6.58. The Morgan fingerprint density at radius 1 is 1.23 bits per heavy atom. The number of benzene rings is 1. The number of carbonyl (C=O) groups excluding carboxylic acids is 1. The SMILES string of the molecule is CCOC(=O)C(C)Oc1ccc(Oc2ncc(Br)cn2)c(C(C)(C)C)c1. The van der Waals surface area contributed by atoms with E-state index in [1.165, 1.54) is 0 Å². The van der Waals surface area contributed by atoms with Gasteiger partial charge >= 0.3 is 12.0 Å². The molecular weight excluding hydrogens is 400 g/mol. The number of hydrogen-bond acceptors (Lipinski definition) is 6. The molecule has 2 rings (SSSR count). The van der Waals surface area contributed by atoms with Gasteiger partial charge in [0.2, 0.25) is 0 Å². The lowest BCUT2D eigenvalue weighted by atomic mass is 9.86. The van der Waals surface area contributed by atoms with Gasteiger partial charge in [0.15, 0.2) is 6.10 Å². The fourth-order valence-corrected chi connectivity index (χ4v) is 2.43. The van der Waals surface area contributed by atoms with Crippen LogP contribution in [0.25, 0.3) is 0 Å². The molecule has 140 valence electrons. The first-order chi connectivity index (χ1) is 12.2. The molecule has 0 spiro atoms. The van der Waals surface area contributed by atoms with Gasteiger partial charge in [-0.15, -0.1) is 0 Å². The predicted molar refractivity (Wildman–Crippen MR) is 102 cm³/mol. The van der Waals surface area contributed by atoms with E-state index in [4.69, 9.17) is 14.2 Å². The number of ether oxygens (including phenoxy) is 3. The molecular formula is C19H23BrN2O4. The summed E-state index contributed by atoms with van der Waals surface area (Å²) < 4.78 is 17.3. The molecule has 0 aliphatic heterocycles. The maximum Gasteiger partial charge on any atom is 0.347 e. The van der Waals surface area contributed by atoms with Crippen LogP contribution in [-0.4, -0.2) is 28.6 Å². The van der Waals surface area contributed by atoms with Crippen LogP contribution < -0.4 is 9.47 Å². The van der Waals surface area contributed by atoms with E-state index < -0.39 is 12.1 Å². The molecule has 0 saturated carbocycles. The van der Waals surface area contributed by atoms with E-state index in [1.807, 2.05) is 6.07 Å². The predicted octanol–water partition coefficient (Wildman–Crippen LogP) is 4.66. The summed E-state index contributed by atoms with van der Waals surface area (Å²) in [6.45, 7) is 9.94. The Morgan fingerprint density at radius 2 is 1.88 bits per heavy atom. The van der Waals surface area contributed by atoms with Gasteiger partial charge < -0.3 is 14.2 Å². The Bertz CT molecular complexity index is 757. The zero-order chi connectivity index (χ0) is 19.3. The van der Waals surface area contributed by atoms with Crippen molar-refractivity contribution >= 4 is 21.9 Å². The number of nitrogens with zero attached hydrogens (tertiary/aromatic N) is 2. The number of carbonyl (C=O) groups is 1. The van der Waals surface area contributed by atoms with Gasteiger partial charge in [-0.1, -0.05) is 20.8 Å². The van der Waals surface area contributed by atoms with Crippen molar-refractivity contribution in [3.8, 4) is 17.5 Å². The second-order valence-corrected chi connectivity index (χ2v) is 7.62. The molecule has 0 N–H and O–H groups in total. The largest absolute Gasteiger partial charge is 0.479 e. The molecule has 1 aromatic carbocycles. The third-order valence-electron chi connectivity index (χ3n) is 3.49. The van der Waals surface area contributed by atoms with Crippen LogP contribution in [0.15, 0.2) is 35.1 Å². The van der Waals surface area contributed by atoms with Crippen LogP contribution in [-0.2, 0) is 14.9 Å². The molecule has 0 amide bonds. The van der Waals surface area contributed by atoms with Crippen molar-refractivity contribution in [2.45, 2.75) is 46.1 Å². The minimum atomic E-state index is -0.690. The lowest BCUT2D eigenvalue weighted by Gasteiger charge is -2.23. The molecule has 1 unspecified atom stereocenters. The summed E-state index contributed by atoms with van der Waals surface area (Å²) in [6, 6.07) is 5.66. The first-order valence-electron chi connectivity index (χ1n) is 8.34. The third-order valence-corrected chi connectivity index (χ3v) is 3.90. The molecule has 0 radical (unpaired) electrons. The first-order valence-corrected chi connectivity index (χ1v) is 9.13. The summed E-state index contributed by atoms with van der Waals surface area (Å²) >= 11 is 3.30. The standard InChI is InChI=1S/C19H23BrN2O4/c1-6-24-17(23)12(2)25-14-7-8-16(15(9-14)19(3,4)5)26-18-21-10-13(20)11-22-18/h7-12H,6H2,1-5H3. The molecule has 1 heterocycles. The summed E-state index contributed by atoms with van der Waals surface area (Å²) in [7, 11) is 0. The highest BCUT2D eigenvalue weighted by atomic mass is 79.9. The third kappa shape index (κ3) is 5.42. The van der Waals surface area contributed by atoms with Crippen molar-refractivity contribution in [3.63, 3.8) is 0 Å². The van der Waals surface area contributed by atoms with Crippen LogP contribution in [0, 0.1) is 0 Å². The number of aromatic nitrogens is 2. The Hall–Kier alpha value is -2.15. The Balaban J connectivity index is 2.27. The summed E-state index contributed by atoms with van der Waals surface area (Å²) in [6.07, 6.45) is 2.55. The average Bonchev–Trinajstić information content (AvgIpc) is 2.57. The Labute approximate surface area is 162 Å². The minimum absolute atomic E-state index is 0.211. The minimum Gasteiger partial charge on any atom is -0.479 e. The summed E-state index contributed by atoms with van der Waals surface area (Å²) in [5.74, 6) is 0.809. The fourth-order valence-electron chi connectivity index (χ4n) is 2.22. The van der Waals surface area contributed by atoms with Gasteiger partial charge in [-0.2, -0.15) is 0 Å². The molecule has 2 aromatic rings.